The largest absolute Gasteiger partial charge is 0.387 e. The van der Waals surface area contributed by atoms with Gasteiger partial charge in [-0.05, 0) is 19.4 Å². The van der Waals surface area contributed by atoms with Gasteiger partial charge in [-0.3, -0.25) is 4.79 Å². The predicted molar refractivity (Wildman–Crippen MR) is 62.0 cm³/mol. The second-order valence-corrected chi connectivity index (χ2v) is 4.35. The molecule has 3 nitrogen and oxygen atoms in total. The highest BCUT2D eigenvalue weighted by Gasteiger charge is 2.22. The molecule has 0 radical (unpaired) electrons. The van der Waals surface area contributed by atoms with Crippen molar-refractivity contribution in [3.05, 3.63) is 35.9 Å². The number of benzene rings is 1. The van der Waals surface area contributed by atoms with E-state index in [0.29, 0.717) is 6.61 Å². The highest BCUT2D eigenvalue weighted by molar-refractivity contribution is 5.76. The van der Waals surface area contributed by atoms with Crippen molar-refractivity contribution in [2.75, 3.05) is 6.61 Å². The minimum atomic E-state index is -1.07. The molecule has 0 aliphatic carbocycles. The molecule has 0 unspecified atom stereocenters. The molecule has 0 aromatic heterocycles. The van der Waals surface area contributed by atoms with E-state index in [0.717, 1.165) is 5.56 Å². The van der Waals surface area contributed by atoms with Crippen molar-refractivity contribution in [1.82, 2.24) is 0 Å². The zero-order valence-electron chi connectivity index (χ0n) is 9.77. The quantitative estimate of drug-likeness (QED) is 0.800. The Bertz CT molecular complexity index is 330. The molecule has 0 aliphatic rings. The lowest BCUT2D eigenvalue weighted by Gasteiger charge is -2.21. The van der Waals surface area contributed by atoms with Crippen LogP contribution in [0, 0.1) is 0 Å². The molecular weight excluding hydrogens is 204 g/mol. The molecular formula is C13H18O3. The number of carbonyl (C=O) groups is 1. The zero-order valence-corrected chi connectivity index (χ0v) is 9.77. The van der Waals surface area contributed by atoms with Crippen molar-refractivity contribution in [3.8, 4) is 0 Å². The van der Waals surface area contributed by atoms with E-state index in [4.69, 9.17) is 4.74 Å². The van der Waals surface area contributed by atoms with Gasteiger partial charge in [0.05, 0.1) is 18.8 Å². The number of rotatable bonds is 6. The van der Waals surface area contributed by atoms with Gasteiger partial charge in [-0.2, -0.15) is 0 Å². The average Bonchev–Trinajstić information content (AvgIpc) is 2.16. The Balaban J connectivity index is 2.32. The Morgan fingerprint density at radius 3 is 2.56 bits per heavy atom. The summed E-state index contributed by atoms with van der Waals surface area (Å²) in [4.78, 5) is 10.9. The standard InChI is InChI=1S/C13H18O3/c1-11(14)8-13(2,15)10-16-9-12-6-4-3-5-7-12/h3-7,15H,8-10H2,1-2H3/t13-/m0/s1. The lowest BCUT2D eigenvalue weighted by atomic mass is 10.0. The number of Topliss-reactive ketones (excluding diaryl/α,β-unsaturated/α-hetero) is 1. The maximum absolute atomic E-state index is 10.9. The number of hydrogen-bond acceptors (Lipinski definition) is 3. The number of hydrogen-bond donors (Lipinski definition) is 1. The molecule has 1 rings (SSSR count). The van der Waals surface area contributed by atoms with Crippen molar-refractivity contribution < 1.29 is 14.6 Å². The second-order valence-electron chi connectivity index (χ2n) is 4.35. The number of ketones is 1. The van der Waals surface area contributed by atoms with E-state index in [2.05, 4.69) is 0 Å². The van der Waals surface area contributed by atoms with Crippen LogP contribution >= 0.6 is 0 Å². The summed E-state index contributed by atoms with van der Waals surface area (Å²) in [5, 5.41) is 9.82. The van der Waals surface area contributed by atoms with Crippen LogP contribution < -0.4 is 0 Å². The summed E-state index contributed by atoms with van der Waals surface area (Å²) >= 11 is 0. The Hall–Kier alpha value is -1.19. The Morgan fingerprint density at radius 1 is 1.38 bits per heavy atom. The van der Waals surface area contributed by atoms with Gasteiger partial charge in [0, 0.05) is 6.42 Å². The molecule has 1 N–H and O–H groups in total. The first-order valence-electron chi connectivity index (χ1n) is 5.33. The normalized spacial score (nSPS) is 14.4. The molecule has 88 valence electrons. The number of aliphatic hydroxyl groups is 1. The predicted octanol–water partition coefficient (Wildman–Crippen LogP) is 1.93. The number of ether oxygens (including phenoxy) is 1. The van der Waals surface area contributed by atoms with Gasteiger partial charge in [-0.15, -0.1) is 0 Å². The van der Waals surface area contributed by atoms with Gasteiger partial charge in [0.25, 0.3) is 0 Å². The molecule has 3 heteroatoms. The van der Waals surface area contributed by atoms with Gasteiger partial charge >= 0.3 is 0 Å². The third-order valence-corrected chi connectivity index (χ3v) is 2.15. The van der Waals surface area contributed by atoms with Crippen molar-refractivity contribution in [2.24, 2.45) is 0 Å². The van der Waals surface area contributed by atoms with Crippen LogP contribution in [-0.2, 0) is 16.1 Å². The van der Waals surface area contributed by atoms with E-state index in [-0.39, 0.29) is 18.8 Å². The van der Waals surface area contributed by atoms with E-state index < -0.39 is 5.60 Å². The van der Waals surface area contributed by atoms with Gasteiger partial charge < -0.3 is 9.84 Å². The van der Waals surface area contributed by atoms with E-state index in [1.807, 2.05) is 30.3 Å². The SMILES string of the molecule is CC(=O)C[C@](C)(O)COCc1ccccc1. The third kappa shape index (κ3) is 5.05. The van der Waals surface area contributed by atoms with Crippen LogP contribution in [0.3, 0.4) is 0 Å². The maximum Gasteiger partial charge on any atom is 0.132 e. The fourth-order valence-corrected chi connectivity index (χ4v) is 1.55. The molecule has 0 aliphatic heterocycles. The molecule has 0 spiro atoms. The Labute approximate surface area is 96.1 Å². The lowest BCUT2D eigenvalue weighted by molar-refractivity contribution is -0.124. The fourth-order valence-electron chi connectivity index (χ4n) is 1.55. The Kier molecular flexibility index (Phi) is 4.65. The highest BCUT2D eigenvalue weighted by Crippen LogP contribution is 2.11. The summed E-state index contributed by atoms with van der Waals surface area (Å²) in [6.45, 7) is 3.70. The smallest absolute Gasteiger partial charge is 0.132 e. The first kappa shape index (κ1) is 12.9. The zero-order chi connectivity index (χ0) is 12.0. The maximum atomic E-state index is 10.9. The highest BCUT2D eigenvalue weighted by atomic mass is 16.5. The average molecular weight is 222 g/mol. The molecule has 1 aromatic carbocycles. The molecule has 0 amide bonds. The van der Waals surface area contributed by atoms with Crippen LogP contribution in [-0.4, -0.2) is 23.1 Å². The van der Waals surface area contributed by atoms with Crippen molar-refractivity contribution in [2.45, 2.75) is 32.5 Å². The fraction of sp³-hybridized carbons (Fsp3) is 0.462. The van der Waals surface area contributed by atoms with E-state index in [9.17, 15) is 9.90 Å². The molecule has 1 aromatic rings. The van der Waals surface area contributed by atoms with E-state index >= 15 is 0 Å². The second kappa shape index (κ2) is 5.77. The molecule has 0 saturated carbocycles. The van der Waals surface area contributed by atoms with Crippen molar-refractivity contribution in [1.29, 1.82) is 0 Å². The minimum absolute atomic E-state index is 0.0340. The van der Waals surface area contributed by atoms with Gasteiger partial charge in [0.15, 0.2) is 0 Å². The molecule has 1 atom stereocenters. The van der Waals surface area contributed by atoms with Crippen LogP contribution in [0.2, 0.25) is 0 Å². The summed E-state index contributed by atoms with van der Waals surface area (Å²) in [6, 6.07) is 9.73. The molecule has 16 heavy (non-hydrogen) atoms. The molecule has 0 bridgehead atoms. The summed E-state index contributed by atoms with van der Waals surface area (Å²) in [5.74, 6) is -0.0340. The summed E-state index contributed by atoms with van der Waals surface area (Å²) < 4.78 is 5.38. The summed E-state index contributed by atoms with van der Waals surface area (Å²) in [6.07, 6.45) is 0.127. The first-order chi connectivity index (χ1) is 7.49. The molecule has 0 heterocycles. The van der Waals surface area contributed by atoms with Gasteiger partial charge in [-0.1, -0.05) is 30.3 Å². The summed E-state index contributed by atoms with van der Waals surface area (Å²) in [7, 11) is 0. The monoisotopic (exact) mass is 222 g/mol. The summed E-state index contributed by atoms with van der Waals surface area (Å²) in [5.41, 5.74) is -0.0122. The van der Waals surface area contributed by atoms with Crippen molar-refractivity contribution >= 4 is 5.78 Å². The van der Waals surface area contributed by atoms with Crippen LogP contribution in [0.5, 0.6) is 0 Å². The van der Waals surface area contributed by atoms with Crippen molar-refractivity contribution in [3.63, 3.8) is 0 Å². The van der Waals surface area contributed by atoms with Gasteiger partial charge in [0.2, 0.25) is 0 Å². The molecule has 0 saturated heterocycles. The van der Waals surface area contributed by atoms with E-state index in [1.54, 1.807) is 6.92 Å². The van der Waals surface area contributed by atoms with Crippen LogP contribution in [0.25, 0.3) is 0 Å². The Morgan fingerprint density at radius 2 is 2.00 bits per heavy atom. The third-order valence-electron chi connectivity index (χ3n) is 2.15. The van der Waals surface area contributed by atoms with E-state index in [1.165, 1.54) is 6.92 Å². The lowest BCUT2D eigenvalue weighted by Crippen LogP contribution is -2.32. The van der Waals surface area contributed by atoms with Crippen LogP contribution in [0.15, 0.2) is 30.3 Å². The van der Waals surface area contributed by atoms with Gasteiger partial charge in [0.1, 0.15) is 5.78 Å². The molecule has 0 fully saturated rings. The van der Waals surface area contributed by atoms with Gasteiger partial charge in [-0.25, -0.2) is 0 Å². The topological polar surface area (TPSA) is 46.5 Å². The number of carbonyl (C=O) groups excluding carboxylic acids is 1. The minimum Gasteiger partial charge on any atom is -0.387 e. The first-order valence-corrected chi connectivity index (χ1v) is 5.33. The van der Waals surface area contributed by atoms with Crippen LogP contribution in [0.1, 0.15) is 25.8 Å². The van der Waals surface area contributed by atoms with Crippen LogP contribution in [0.4, 0.5) is 0 Å².